The Morgan fingerprint density at radius 2 is 2.00 bits per heavy atom. The second kappa shape index (κ2) is 7.87. The van der Waals surface area contributed by atoms with Gasteiger partial charge in [-0.1, -0.05) is 6.07 Å². The maximum atomic E-state index is 6.20. The van der Waals surface area contributed by atoms with Crippen LogP contribution < -0.4 is 15.4 Å². The lowest BCUT2D eigenvalue weighted by molar-refractivity contribution is 0.177. The number of nitrogens with two attached hydrogens (primary N) is 1. The topological polar surface area (TPSA) is 103 Å². The van der Waals surface area contributed by atoms with E-state index in [4.69, 9.17) is 15.5 Å². The first-order chi connectivity index (χ1) is 15.7. The molecule has 0 radical (unpaired) electrons. The minimum atomic E-state index is -0.0224. The highest BCUT2D eigenvalue weighted by atomic mass is 16.5. The summed E-state index contributed by atoms with van der Waals surface area (Å²) in [6, 6.07) is 6.11. The molecule has 4 heterocycles. The average molecular weight is 450 g/mol. The average Bonchev–Trinajstić information content (AvgIpc) is 3.43. The van der Waals surface area contributed by atoms with Gasteiger partial charge in [0.25, 0.3) is 0 Å². The van der Waals surface area contributed by atoms with E-state index in [1.165, 1.54) is 5.69 Å². The molecule has 10 nitrogen and oxygen atoms in total. The van der Waals surface area contributed by atoms with E-state index in [1.807, 2.05) is 29.1 Å². The number of hydrogen-bond acceptors (Lipinski definition) is 8. The van der Waals surface area contributed by atoms with E-state index < -0.39 is 0 Å². The van der Waals surface area contributed by atoms with Gasteiger partial charge in [0.15, 0.2) is 11.5 Å². The zero-order valence-electron chi connectivity index (χ0n) is 19.9. The van der Waals surface area contributed by atoms with Crippen LogP contribution in [-0.2, 0) is 12.1 Å². The van der Waals surface area contributed by atoms with Gasteiger partial charge in [0.2, 0.25) is 5.95 Å². The number of anilines is 2. The van der Waals surface area contributed by atoms with E-state index in [1.54, 1.807) is 11.6 Å². The van der Waals surface area contributed by atoms with E-state index in [2.05, 4.69) is 58.9 Å². The van der Waals surface area contributed by atoms with Gasteiger partial charge in [0, 0.05) is 37.3 Å². The number of fused-ring (bicyclic) bond motifs is 3. The zero-order valence-corrected chi connectivity index (χ0v) is 19.9. The van der Waals surface area contributed by atoms with Gasteiger partial charge in [0.05, 0.1) is 31.1 Å². The first kappa shape index (κ1) is 21.4. The number of rotatable bonds is 4. The molecule has 1 unspecified atom stereocenters. The van der Waals surface area contributed by atoms with Gasteiger partial charge in [-0.05, 0) is 39.8 Å². The lowest BCUT2D eigenvalue weighted by Crippen LogP contribution is -2.51. The van der Waals surface area contributed by atoms with Crippen LogP contribution in [0.2, 0.25) is 0 Å². The highest BCUT2D eigenvalue weighted by Crippen LogP contribution is 2.28. The third-order valence-electron chi connectivity index (χ3n) is 6.29. The van der Waals surface area contributed by atoms with Crippen LogP contribution in [0.25, 0.3) is 16.6 Å². The number of nitrogen functional groups attached to an aromatic ring is 1. The molecule has 1 aromatic carbocycles. The van der Waals surface area contributed by atoms with Crippen LogP contribution >= 0.6 is 0 Å². The third kappa shape index (κ3) is 3.84. The van der Waals surface area contributed by atoms with Gasteiger partial charge in [-0.3, -0.25) is 9.58 Å². The van der Waals surface area contributed by atoms with E-state index >= 15 is 0 Å². The standard InChI is InChI=1S/C23H31N9O/c1-15-12-30(16-11-25-31(13-16)23(2,3)4)10-9-29(15)14-19-26-21-17-7-6-8-18(33-5)20(17)27-22(24)32(21)28-19/h6-8,11,13,15H,9-10,12,14H2,1-5H3,(H2,24,27). The maximum Gasteiger partial charge on any atom is 0.223 e. The largest absolute Gasteiger partial charge is 0.494 e. The lowest BCUT2D eigenvalue weighted by atomic mass is 10.1. The van der Waals surface area contributed by atoms with E-state index in [0.29, 0.717) is 35.4 Å². The summed E-state index contributed by atoms with van der Waals surface area (Å²) in [5, 5.41) is 10.1. The summed E-state index contributed by atoms with van der Waals surface area (Å²) >= 11 is 0. The Kier molecular flexibility index (Phi) is 5.12. The summed E-state index contributed by atoms with van der Waals surface area (Å²) in [5.74, 6) is 1.71. The summed E-state index contributed by atoms with van der Waals surface area (Å²) in [6.45, 7) is 12.1. The zero-order chi connectivity index (χ0) is 23.3. The van der Waals surface area contributed by atoms with E-state index in [-0.39, 0.29) is 5.54 Å². The summed E-state index contributed by atoms with van der Waals surface area (Å²) in [7, 11) is 1.63. The fourth-order valence-corrected chi connectivity index (χ4v) is 4.39. The van der Waals surface area contributed by atoms with Crippen LogP contribution in [0, 0.1) is 0 Å². The summed E-state index contributed by atoms with van der Waals surface area (Å²) < 4.78 is 9.10. The molecule has 2 N–H and O–H groups in total. The first-order valence-corrected chi connectivity index (χ1v) is 11.3. The monoisotopic (exact) mass is 449 g/mol. The Hall–Kier alpha value is -3.40. The van der Waals surface area contributed by atoms with Crippen molar-refractivity contribution < 1.29 is 4.74 Å². The van der Waals surface area contributed by atoms with Crippen molar-refractivity contribution in [3.63, 3.8) is 0 Å². The summed E-state index contributed by atoms with van der Waals surface area (Å²) in [6.07, 6.45) is 4.10. The Morgan fingerprint density at radius 3 is 2.70 bits per heavy atom. The fraction of sp³-hybridized carbons (Fsp3) is 0.478. The minimum Gasteiger partial charge on any atom is -0.494 e. The van der Waals surface area contributed by atoms with Crippen molar-refractivity contribution in [2.75, 3.05) is 37.4 Å². The normalized spacial score (nSPS) is 17.8. The van der Waals surface area contributed by atoms with Crippen LogP contribution in [0.15, 0.2) is 30.6 Å². The molecule has 33 heavy (non-hydrogen) atoms. The molecule has 0 spiro atoms. The number of benzene rings is 1. The van der Waals surface area contributed by atoms with Crippen molar-refractivity contribution in [3.8, 4) is 5.75 Å². The molecule has 174 valence electrons. The third-order valence-corrected chi connectivity index (χ3v) is 6.29. The molecule has 1 atom stereocenters. The van der Waals surface area contributed by atoms with Crippen molar-refractivity contribution >= 4 is 28.2 Å². The maximum absolute atomic E-state index is 6.20. The second-order valence-corrected chi connectivity index (χ2v) is 9.67. The van der Waals surface area contributed by atoms with Crippen LogP contribution in [0.1, 0.15) is 33.5 Å². The molecule has 10 heteroatoms. The van der Waals surface area contributed by atoms with Crippen LogP contribution in [0.4, 0.5) is 11.6 Å². The van der Waals surface area contributed by atoms with Gasteiger partial charge in [0.1, 0.15) is 11.3 Å². The molecule has 4 aromatic rings. The van der Waals surface area contributed by atoms with Crippen LogP contribution in [0.3, 0.4) is 0 Å². The number of hydrogen-bond donors (Lipinski definition) is 1. The van der Waals surface area contributed by atoms with Gasteiger partial charge >= 0.3 is 0 Å². The molecule has 5 rings (SSSR count). The van der Waals surface area contributed by atoms with Crippen molar-refractivity contribution in [3.05, 3.63) is 36.4 Å². The summed E-state index contributed by atoms with van der Waals surface area (Å²) in [4.78, 5) is 14.1. The highest BCUT2D eigenvalue weighted by Gasteiger charge is 2.27. The first-order valence-electron chi connectivity index (χ1n) is 11.3. The SMILES string of the molecule is COc1cccc2c1nc(N)n1nc(CN3CCN(c4cnn(C(C)(C)C)c4)CC3C)nc21. The number of piperazine rings is 1. The van der Waals surface area contributed by atoms with Crippen molar-refractivity contribution in [2.24, 2.45) is 0 Å². The van der Waals surface area contributed by atoms with Crippen molar-refractivity contribution in [1.82, 2.24) is 34.3 Å². The predicted octanol–water partition coefficient (Wildman–Crippen LogP) is 2.53. The highest BCUT2D eigenvalue weighted by molar-refractivity contribution is 5.95. The number of para-hydroxylation sites is 1. The van der Waals surface area contributed by atoms with Gasteiger partial charge in [-0.15, -0.1) is 5.10 Å². The van der Waals surface area contributed by atoms with Gasteiger partial charge in [-0.2, -0.15) is 9.61 Å². The Bertz CT molecular complexity index is 1300. The number of methoxy groups -OCH3 is 1. The van der Waals surface area contributed by atoms with Crippen LogP contribution in [0.5, 0.6) is 5.75 Å². The quantitative estimate of drug-likeness (QED) is 0.507. The Balaban J connectivity index is 1.36. The molecule has 1 saturated heterocycles. The van der Waals surface area contributed by atoms with Crippen molar-refractivity contribution in [2.45, 2.75) is 45.8 Å². The number of aromatic nitrogens is 6. The molecule has 0 saturated carbocycles. The van der Waals surface area contributed by atoms with E-state index in [0.717, 1.165) is 30.8 Å². The van der Waals surface area contributed by atoms with Gasteiger partial charge in [-0.25, -0.2) is 9.97 Å². The minimum absolute atomic E-state index is 0.0224. The fourth-order valence-electron chi connectivity index (χ4n) is 4.39. The number of ether oxygens (including phenoxy) is 1. The molecule has 1 aliphatic heterocycles. The molecular formula is C23H31N9O. The molecule has 0 bridgehead atoms. The Labute approximate surface area is 193 Å². The molecular weight excluding hydrogens is 418 g/mol. The number of nitrogens with zero attached hydrogens (tertiary/aromatic N) is 8. The second-order valence-electron chi connectivity index (χ2n) is 9.67. The predicted molar refractivity (Wildman–Crippen MR) is 129 cm³/mol. The Morgan fingerprint density at radius 1 is 1.18 bits per heavy atom. The molecule has 1 fully saturated rings. The smallest absolute Gasteiger partial charge is 0.223 e. The molecule has 3 aromatic heterocycles. The van der Waals surface area contributed by atoms with E-state index in [9.17, 15) is 0 Å². The molecule has 0 amide bonds. The molecule has 0 aliphatic carbocycles. The lowest BCUT2D eigenvalue weighted by Gasteiger charge is -2.39. The molecule has 1 aliphatic rings. The van der Waals surface area contributed by atoms with Crippen molar-refractivity contribution in [1.29, 1.82) is 0 Å². The van der Waals surface area contributed by atoms with Gasteiger partial charge < -0.3 is 15.4 Å². The van der Waals surface area contributed by atoms with Crippen LogP contribution in [-0.4, -0.2) is 67.0 Å². The summed E-state index contributed by atoms with van der Waals surface area (Å²) in [5.41, 5.74) is 8.74.